The molecule has 0 aliphatic carbocycles. The Morgan fingerprint density at radius 3 is 2.52 bits per heavy atom. The summed E-state index contributed by atoms with van der Waals surface area (Å²) in [6, 6.07) is 13.7. The van der Waals surface area contributed by atoms with E-state index < -0.39 is 0 Å². The molecule has 0 saturated heterocycles. The van der Waals surface area contributed by atoms with Gasteiger partial charge in [0.15, 0.2) is 0 Å². The van der Waals surface area contributed by atoms with Crippen molar-refractivity contribution in [3.8, 4) is 11.8 Å². The average molecular weight is 355 g/mol. The first kappa shape index (κ1) is 18.3. The minimum Gasteiger partial charge on any atom is -0.318 e. The zero-order valence-corrected chi connectivity index (χ0v) is 15.9. The number of pyridine rings is 1. The largest absolute Gasteiger partial charge is 0.318 e. The van der Waals surface area contributed by atoms with E-state index in [1.807, 2.05) is 38.1 Å². The zero-order valence-electron chi connectivity index (χ0n) is 15.9. The molecule has 0 amide bonds. The van der Waals surface area contributed by atoms with E-state index in [2.05, 4.69) is 35.5 Å². The zero-order chi connectivity index (χ0) is 19.6. The second-order valence-corrected chi connectivity index (χ2v) is 6.67. The number of aromatic nitrogens is 2. The van der Waals surface area contributed by atoms with E-state index in [9.17, 15) is 10.1 Å². The third-order valence-electron chi connectivity index (χ3n) is 4.78. The predicted octanol–water partition coefficient (Wildman–Crippen LogP) is 4.90. The molecular weight excluding hydrogens is 334 g/mol. The maximum absolute atomic E-state index is 13.0. The van der Waals surface area contributed by atoms with Crippen LogP contribution in [0.3, 0.4) is 0 Å². The lowest BCUT2D eigenvalue weighted by molar-refractivity contribution is 0.103. The molecule has 0 saturated carbocycles. The van der Waals surface area contributed by atoms with Crippen LogP contribution in [0.25, 0.3) is 11.8 Å². The molecule has 27 heavy (non-hydrogen) atoms. The summed E-state index contributed by atoms with van der Waals surface area (Å²) >= 11 is 0. The van der Waals surface area contributed by atoms with Crippen molar-refractivity contribution in [2.75, 3.05) is 0 Å². The number of nitriles is 1. The summed E-state index contributed by atoms with van der Waals surface area (Å²) in [5, 5.41) is 9.50. The molecule has 0 aliphatic heterocycles. The van der Waals surface area contributed by atoms with E-state index in [1.54, 1.807) is 24.5 Å². The molecule has 4 heteroatoms. The summed E-state index contributed by atoms with van der Waals surface area (Å²) in [6.45, 7) is 8.03. The summed E-state index contributed by atoms with van der Waals surface area (Å²) in [6.07, 6.45) is 4.86. The lowest BCUT2D eigenvalue weighted by Gasteiger charge is -2.12. The minimum absolute atomic E-state index is 0.100. The normalized spacial score (nSPS) is 11.3. The Morgan fingerprint density at radius 2 is 1.89 bits per heavy atom. The van der Waals surface area contributed by atoms with Crippen LogP contribution in [0.2, 0.25) is 0 Å². The van der Waals surface area contributed by atoms with E-state index in [1.165, 1.54) is 11.1 Å². The molecule has 0 radical (unpaired) electrons. The van der Waals surface area contributed by atoms with Crippen LogP contribution in [0.4, 0.5) is 0 Å². The monoisotopic (exact) mass is 355 g/mol. The molecule has 0 aliphatic rings. The average Bonchev–Trinajstić information content (AvgIpc) is 2.96. The number of rotatable bonds is 4. The Labute approximate surface area is 159 Å². The molecule has 3 aromatic rings. The highest BCUT2D eigenvalue weighted by Gasteiger charge is 2.20. The topological polar surface area (TPSA) is 58.7 Å². The van der Waals surface area contributed by atoms with Gasteiger partial charge in [0.05, 0.1) is 0 Å². The maximum Gasteiger partial charge on any atom is 0.205 e. The first-order chi connectivity index (χ1) is 12.9. The number of aryl methyl sites for hydroxylation is 3. The number of nitrogens with zero attached hydrogens (tertiary/aromatic N) is 3. The van der Waals surface area contributed by atoms with Crippen LogP contribution in [0.15, 0.2) is 54.4 Å². The highest BCUT2D eigenvalue weighted by molar-refractivity contribution is 6.14. The molecule has 3 rings (SSSR count). The molecule has 0 unspecified atom stereocenters. The van der Waals surface area contributed by atoms with Gasteiger partial charge in [0.1, 0.15) is 11.6 Å². The standard InChI is InChI=1S/C23H21N3O/c1-15-7-8-21(10-16(15)2)26-17(3)11-22(18(26)4)23(27)20(13-24)12-19-6-5-9-25-14-19/h5-12,14H,1-4H3/b20-12+. The number of allylic oxidation sites excluding steroid dienone is 1. The van der Waals surface area contributed by atoms with Gasteiger partial charge in [-0.25, -0.2) is 0 Å². The van der Waals surface area contributed by atoms with Gasteiger partial charge in [0.25, 0.3) is 0 Å². The van der Waals surface area contributed by atoms with Crippen LogP contribution in [0.1, 0.15) is 38.4 Å². The Morgan fingerprint density at radius 1 is 1.11 bits per heavy atom. The number of hydrogen-bond acceptors (Lipinski definition) is 3. The van der Waals surface area contributed by atoms with E-state index in [0.29, 0.717) is 5.56 Å². The van der Waals surface area contributed by atoms with Crippen LogP contribution in [-0.4, -0.2) is 15.3 Å². The first-order valence-electron chi connectivity index (χ1n) is 8.75. The lowest BCUT2D eigenvalue weighted by atomic mass is 10.0. The fourth-order valence-corrected chi connectivity index (χ4v) is 3.18. The van der Waals surface area contributed by atoms with Crippen molar-refractivity contribution in [1.29, 1.82) is 5.26 Å². The minimum atomic E-state index is -0.274. The van der Waals surface area contributed by atoms with Crippen LogP contribution in [0, 0.1) is 39.0 Å². The molecule has 4 nitrogen and oxygen atoms in total. The van der Waals surface area contributed by atoms with Gasteiger partial charge in [0.2, 0.25) is 5.78 Å². The van der Waals surface area contributed by atoms with Crippen LogP contribution >= 0.6 is 0 Å². The molecule has 134 valence electrons. The summed E-state index contributed by atoms with van der Waals surface area (Å²) < 4.78 is 2.05. The summed E-state index contributed by atoms with van der Waals surface area (Å²) in [7, 11) is 0. The third kappa shape index (κ3) is 3.58. The number of hydrogen-bond donors (Lipinski definition) is 0. The van der Waals surface area contributed by atoms with Gasteiger partial charge in [-0.2, -0.15) is 5.26 Å². The fourth-order valence-electron chi connectivity index (χ4n) is 3.18. The molecule has 2 aromatic heterocycles. The highest BCUT2D eigenvalue weighted by Crippen LogP contribution is 2.25. The molecule has 0 N–H and O–H groups in total. The second-order valence-electron chi connectivity index (χ2n) is 6.67. The molecule has 0 fully saturated rings. The van der Waals surface area contributed by atoms with Gasteiger partial charge in [-0.1, -0.05) is 12.1 Å². The van der Waals surface area contributed by atoms with Crippen molar-refractivity contribution in [1.82, 2.24) is 9.55 Å². The van der Waals surface area contributed by atoms with E-state index in [4.69, 9.17) is 0 Å². The molecular formula is C23H21N3O. The van der Waals surface area contributed by atoms with Crippen LogP contribution < -0.4 is 0 Å². The van der Waals surface area contributed by atoms with Crippen molar-refractivity contribution in [2.45, 2.75) is 27.7 Å². The van der Waals surface area contributed by atoms with E-state index in [-0.39, 0.29) is 11.4 Å². The van der Waals surface area contributed by atoms with Gasteiger partial charge in [-0.3, -0.25) is 9.78 Å². The van der Waals surface area contributed by atoms with Gasteiger partial charge in [-0.05, 0) is 74.7 Å². The van der Waals surface area contributed by atoms with Gasteiger partial charge in [-0.15, -0.1) is 0 Å². The molecule has 0 bridgehead atoms. The number of ketones is 1. The summed E-state index contributed by atoms with van der Waals surface area (Å²) in [5.41, 5.74) is 6.59. The van der Waals surface area contributed by atoms with E-state index in [0.717, 1.165) is 22.6 Å². The van der Waals surface area contributed by atoms with Crippen molar-refractivity contribution in [2.24, 2.45) is 0 Å². The molecule has 1 aromatic carbocycles. The van der Waals surface area contributed by atoms with Gasteiger partial charge in [0, 0.05) is 35.0 Å². The second kappa shape index (κ2) is 7.43. The molecule has 2 heterocycles. The first-order valence-corrected chi connectivity index (χ1v) is 8.75. The Kier molecular flexibility index (Phi) is 5.05. The van der Waals surface area contributed by atoms with Crippen molar-refractivity contribution in [3.05, 3.63) is 88.0 Å². The Hall–Kier alpha value is -3.45. The van der Waals surface area contributed by atoms with Gasteiger partial charge >= 0.3 is 0 Å². The number of benzene rings is 1. The molecule has 0 atom stereocenters. The van der Waals surface area contributed by atoms with Crippen molar-refractivity contribution < 1.29 is 4.79 Å². The lowest BCUT2D eigenvalue weighted by Crippen LogP contribution is -2.05. The van der Waals surface area contributed by atoms with Crippen LogP contribution in [-0.2, 0) is 0 Å². The van der Waals surface area contributed by atoms with Crippen molar-refractivity contribution >= 4 is 11.9 Å². The smallest absolute Gasteiger partial charge is 0.205 e. The maximum atomic E-state index is 13.0. The van der Waals surface area contributed by atoms with Gasteiger partial charge < -0.3 is 4.57 Å². The highest BCUT2D eigenvalue weighted by atomic mass is 16.1. The predicted molar refractivity (Wildman–Crippen MR) is 107 cm³/mol. The summed E-state index contributed by atoms with van der Waals surface area (Å²) in [4.78, 5) is 17.0. The SMILES string of the molecule is Cc1ccc(-n2c(C)cc(C(=O)/C(C#N)=C/c3cccnc3)c2C)cc1C. The summed E-state index contributed by atoms with van der Waals surface area (Å²) in [5.74, 6) is -0.274. The number of carbonyl (C=O) groups is 1. The number of carbonyl (C=O) groups excluding carboxylic acids is 1. The third-order valence-corrected chi connectivity index (χ3v) is 4.78. The van der Waals surface area contributed by atoms with Crippen LogP contribution in [0.5, 0.6) is 0 Å². The molecule has 0 spiro atoms. The quantitative estimate of drug-likeness (QED) is 0.380. The van der Waals surface area contributed by atoms with Crippen molar-refractivity contribution in [3.63, 3.8) is 0 Å². The van der Waals surface area contributed by atoms with E-state index >= 15 is 0 Å². The Balaban J connectivity index is 2.05. The fraction of sp³-hybridized carbons (Fsp3) is 0.174. The number of Topliss-reactive ketones (excluding diaryl/α,β-unsaturated/α-hetero) is 1. The Bertz CT molecular complexity index is 1080.